The first-order chi connectivity index (χ1) is 12.5. The molecule has 0 aromatic heterocycles. The monoisotopic (exact) mass is 377 g/mol. The van der Waals surface area contributed by atoms with Crippen molar-refractivity contribution in [2.24, 2.45) is 5.41 Å². The Morgan fingerprint density at radius 3 is 2.44 bits per heavy atom. The van der Waals surface area contributed by atoms with Gasteiger partial charge in [-0.3, -0.25) is 19.7 Å². The molecular weight excluding hydrogens is 350 g/mol. The van der Waals surface area contributed by atoms with Gasteiger partial charge in [0.2, 0.25) is 5.91 Å². The minimum atomic E-state index is -0.825. The van der Waals surface area contributed by atoms with E-state index in [1.54, 1.807) is 32.0 Å². The van der Waals surface area contributed by atoms with Crippen LogP contribution in [0, 0.1) is 15.5 Å². The Kier molecular flexibility index (Phi) is 6.20. The molecule has 148 valence electrons. The van der Waals surface area contributed by atoms with Crippen LogP contribution in [0.3, 0.4) is 0 Å². The Labute approximate surface area is 158 Å². The molecule has 1 fully saturated rings. The number of carbonyl (C=O) groups excluding carboxylic acids is 1. The maximum absolute atomic E-state index is 12.4. The molecule has 2 rings (SSSR count). The summed E-state index contributed by atoms with van der Waals surface area (Å²) in [5, 5.41) is 23.4. The predicted octanol–water partition coefficient (Wildman–Crippen LogP) is 2.22. The number of carboxylic acids is 1. The Morgan fingerprint density at radius 2 is 1.89 bits per heavy atom. The molecule has 2 N–H and O–H groups in total. The molecule has 0 atom stereocenters. The lowest BCUT2D eigenvalue weighted by molar-refractivity contribution is -0.385. The largest absolute Gasteiger partial charge is 0.481 e. The summed E-state index contributed by atoms with van der Waals surface area (Å²) in [4.78, 5) is 36.4. The fourth-order valence-corrected chi connectivity index (χ4v) is 3.35. The number of benzene rings is 1. The summed E-state index contributed by atoms with van der Waals surface area (Å²) in [5.41, 5.74) is -0.874. The molecule has 27 heavy (non-hydrogen) atoms. The van der Waals surface area contributed by atoms with Crippen molar-refractivity contribution < 1.29 is 19.6 Å². The van der Waals surface area contributed by atoms with Gasteiger partial charge in [-0.05, 0) is 33.6 Å². The van der Waals surface area contributed by atoms with Crippen LogP contribution >= 0.6 is 0 Å². The lowest BCUT2D eigenvalue weighted by atomic mass is 9.86. The molecule has 0 radical (unpaired) electrons. The second kappa shape index (κ2) is 8.04. The SMILES string of the molecule is CC1(NC(=O)Cc2ccccc2[N+](=O)[O-])CCN(CC(C)(C)C(=O)O)CC1. The Balaban J connectivity index is 1.92. The van der Waals surface area contributed by atoms with Crippen molar-refractivity contribution >= 4 is 17.6 Å². The number of nitro groups is 1. The van der Waals surface area contributed by atoms with E-state index in [2.05, 4.69) is 10.2 Å². The van der Waals surface area contributed by atoms with Crippen LogP contribution in [0.25, 0.3) is 0 Å². The van der Waals surface area contributed by atoms with Crippen molar-refractivity contribution in [1.29, 1.82) is 0 Å². The zero-order valence-corrected chi connectivity index (χ0v) is 16.0. The van der Waals surface area contributed by atoms with Gasteiger partial charge in [-0.25, -0.2) is 0 Å². The number of carboxylic acid groups (broad SMARTS) is 1. The summed E-state index contributed by atoms with van der Waals surface area (Å²) < 4.78 is 0. The van der Waals surface area contributed by atoms with Gasteiger partial charge < -0.3 is 15.3 Å². The Morgan fingerprint density at radius 1 is 1.30 bits per heavy atom. The van der Waals surface area contributed by atoms with Crippen molar-refractivity contribution in [3.8, 4) is 0 Å². The number of amides is 1. The third kappa shape index (κ3) is 5.50. The van der Waals surface area contributed by atoms with Gasteiger partial charge in [-0.1, -0.05) is 18.2 Å². The first-order valence-corrected chi connectivity index (χ1v) is 9.01. The number of rotatable bonds is 7. The summed E-state index contributed by atoms with van der Waals surface area (Å²) in [7, 11) is 0. The molecule has 1 heterocycles. The molecule has 0 bridgehead atoms. The second-order valence-corrected chi connectivity index (χ2v) is 8.14. The van der Waals surface area contributed by atoms with Crippen molar-refractivity contribution in [2.75, 3.05) is 19.6 Å². The number of para-hydroxylation sites is 1. The molecule has 0 spiro atoms. The summed E-state index contributed by atoms with van der Waals surface area (Å²) in [6, 6.07) is 6.25. The minimum Gasteiger partial charge on any atom is -0.481 e. The number of aliphatic carboxylic acids is 1. The van der Waals surface area contributed by atoms with Crippen LogP contribution in [0.4, 0.5) is 5.69 Å². The van der Waals surface area contributed by atoms with Gasteiger partial charge in [0.25, 0.3) is 5.69 Å². The first kappa shape index (κ1) is 20.8. The number of nitro benzene ring substituents is 1. The highest BCUT2D eigenvalue weighted by Crippen LogP contribution is 2.26. The van der Waals surface area contributed by atoms with Crippen molar-refractivity contribution in [2.45, 2.75) is 45.6 Å². The van der Waals surface area contributed by atoms with Gasteiger partial charge in [0.1, 0.15) is 0 Å². The summed E-state index contributed by atoms with van der Waals surface area (Å²) >= 11 is 0. The molecule has 1 aromatic carbocycles. The van der Waals surface area contributed by atoms with Crippen molar-refractivity contribution in [3.63, 3.8) is 0 Å². The third-order valence-electron chi connectivity index (χ3n) is 5.14. The summed E-state index contributed by atoms with van der Waals surface area (Å²) in [6.45, 7) is 7.22. The Hall–Kier alpha value is -2.48. The number of hydrogen-bond acceptors (Lipinski definition) is 5. The second-order valence-electron chi connectivity index (χ2n) is 8.14. The van der Waals surface area contributed by atoms with E-state index in [4.69, 9.17) is 0 Å². The zero-order valence-electron chi connectivity index (χ0n) is 16.0. The maximum atomic E-state index is 12.4. The highest BCUT2D eigenvalue weighted by atomic mass is 16.6. The molecule has 0 aliphatic carbocycles. The average molecular weight is 377 g/mol. The van der Waals surface area contributed by atoms with Gasteiger partial charge in [0.15, 0.2) is 0 Å². The number of hydrogen-bond donors (Lipinski definition) is 2. The fourth-order valence-electron chi connectivity index (χ4n) is 3.35. The molecule has 0 unspecified atom stereocenters. The van der Waals surface area contributed by atoms with Crippen LogP contribution in [0.15, 0.2) is 24.3 Å². The number of piperidine rings is 1. The van der Waals surface area contributed by atoms with E-state index in [1.807, 2.05) is 6.92 Å². The van der Waals surface area contributed by atoms with Gasteiger partial charge in [-0.2, -0.15) is 0 Å². The van der Waals surface area contributed by atoms with Crippen LogP contribution in [0.1, 0.15) is 39.2 Å². The lowest BCUT2D eigenvalue weighted by Crippen LogP contribution is -2.55. The van der Waals surface area contributed by atoms with Gasteiger partial charge >= 0.3 is 5.97 Å². The van der Waals surface area contributed by atoms with E-state index in [9.17, 15) is 24.8 Å². The minimum absolute atomic E-state index is 0.0392. The van der Waals surface area contributed by atoms with Gasteiger partial charge in [0.05, 0.1) is 16.8 Å². The molecule has 1 saturated heterocycles. The highest BCUT2D eigenvalue weighted by Gasteiger charge is 2.36. The van der Waals surface area contributed by atoms with Crippen molar-refractivity contribution in [1.82, 2.24) is 10.2 Å². The van der Waals surface area contributed by atoms with Crippen LogP contribution in [-0.2, 0) is 16.0 Å². The van der Waals surface area contributed by atoms with Gasteiger partial charge in [-0.15, -0.1) is 0 Å². The van der Waals surface area contributed by atoms with Crippen LogP contribution in [-0.4, -0.2) is 52.0 Å². The van der Waals surface area contributed by atoms with Crippen LogP contribution in [0.5, 0.6) is 0 Å². The molecule has 1 aliphatic rings. The zero-order chi connectivity index (χ0) is 20.2. The molecular formula is C19H27N3O5. The van der Waals surface area contributed by atoms with Crippen LogP contribution in [0.2, 0.25) is 0 Å². The van der Waals surface area contributed by atoms with E-state index >= 15 is 0 Å². The fraction of sp³-hybridized carbons (Fsp3) is 0.579. The predicted molar refractivity (Wildman–Crippen MR) is 100 cm³/mol. The molecule has 8 heteroatoms. The molecule has 1 aliphatic heterocycles. The number of carbonyl (C=O) groups is 2. The van der Waals surface area contributed by atoms with E-state index in [1.165, 1.54) is 6.07 Å². The number of nitrogens with one attached hydrogen (secondary N) is 1. The molecule has 0 saturated carbocycles. The third-order valence-corrected chi connectivity index (χ3v) is 5.14. The number of nitrogens with zero attached hydrogens (tertiary/aromatic N) is 2. The molecule has 1 aromatic rings. The summed E-state index contributed by atoms with van der Waals surface area (Å²) in [6.07, 6.45) is 1.36. The van der Waals surface area contributed by atoms with E-state index in [0.29, 0.717) is 38.0 Å². The smallest absolute Gasteiger partial charge is 0.310 e. The topological polar surface area (TPSA) is 113 Å². The number of likely N-dealkylation sites (tertiary alicyclic amines) is 1. The molecule has 1 amide bonds. The summed E-state index contributed by atoms with van der Waals surface area (Å²) in [5.74, 6) is -1.07. The lowest BCUT2D eigenvalue weighted by Gasteiger charge is -2.41. The standard InChI is InChI=1S/C19H27N3O5/c1-18(2,17(24)25)13-21-10-8-19(3,9-11-21)20-16(23)12-14-6-4-5-7-15(14)22(26)27/h4-7H,8-13H2,1-3H3,(H,20,23)(H,24,25). The van der Waals surface area contributed by atoms with E-state index < -0.39 is 21.8 Å². The first-order valence-electron chi connectivity index (χ1n) is 9.01. The van der Waals surface area contributed by atoms with Gasteiger partial charge in [0, 0.05) is 36.8 Å². The highest BCUT2D eigenvalue weighted by molar-refractivity contribution is 5.80. The van der Waals surface area contributed by atoms with Crippen molar-refractivity contribution in [3.05, 3.63) is 39.9 Å². The van der Waals surface area contributed by atoms with E-state index in [-0.39, 0.29) is 18.0 Å². The normalized spacial score (nSPS) is 17.3. The maximum Gasteiger partial charge on any atom is 0.310 e. The van der Waals surface area contributed by atoms with Crippen LogP contribution < -0.4 is 5.32 Å². The Bertz CT molecular complexity index is 724. The van der Waals surface area contributed by atoms with E-state index in [0.717, 1.165) is 0 Å². The molecule has 8 nitrogen and oxygen atoms in total. The average Bonchev–Trinajstić information content (AvgIpc) is 2.57. The quantitative estimate of drug-likeness (QED) is 0.556.